The minimum absolute atomic E-state index is 0.0462. The molecule has 0 aliphatic carbocycles. The highest BCUT2D eigenvalue weighted by Crippen LogP contribution is 2.30. The van der Waals surface area contributed by atoms with E-state index < -0.39 is 0 Å². The van der Waals surface area contributed by atoms with Gasteiger partial charge in [-0.1, -0.05) is 6.07 Å². The Hall–Kier alpha value is -1.79. The lowest BCUT2D eigenvalue weighted by Crippen LogP contribution is -2.50. The lowest BCUT2D eigenvalue weighted by molar-refractivity contribution is -0.0461. The van der Waals surface area contributed by atoms with Crippen LogP contribution in [0, 0.1) is 0 Å². The number of amides is 1. The van der Waals surface area contributed by atoms with Crippen LogP contribution in [-0.4, -0.2) is 63.4 Å². The van der Waals surface area contributed by atoms with Crippen LogP contribution in [-0.2, 0) is 4.74 Å². The number of para-hydroxylation sites is 1. The first-order valence-corrected chi connectivity index (χ1v) is 8.07. The molecule has 2 fully saturated rings. The molecular weight excluding hydrogens is 296 g/mol. The third-order valence-corrected chi connectivity index (χ3v) is 4.60. The van der Waals surface area contributed by atoms with Gasteiger partial charge in [-0.15, -0.1) is 0 Å². The van der Waals surface area contributed by atoms with Gasteiger partial charge in [0.15, 0.2) is 11.5 Å². The number of morpholine rings is 1. The fourth-order valence-corrected chi connectivity index (χ4v) is 3.38. The quantitative estimate of drug-likeness (QED) is 0.886. The number of carbonyl (C=O) groups is 1. The van der Waals surface area contributed by atoms with E-state index in [0.29, 0.717) is 29.6 Å². The molecule has 3 rings (SSSR count). The van der Waals surface area contributed by atoms with Gasteiger partial charge >= 0.3 is 0 Å². The van der Waals surface area contributed by atoms with Crippen molar-refractivity contribution in [3.63, 3.8) is 0 Å². The summed E-state index contributed by atoms with van der Waals surface area (Å²) < 4.78 is 16.4. The summed E-state index contributed by atoms with van der Waals surface area (Å²) in [6, 6.07) is 5.85. The van der Waals surface area contributed by atoms with Gasteiger partial charge in [0.25, 0.3) is 5.91 Å². The Labute approximate surface area is 136 Å². The molecule has 0 radical (unpaired) electrons. The summed E-state index contributed by atoms with van der Waals surface area (Å²) in [6.45, 7) is 3.30. The smallest absolute Gasteiger partial charge is 0.255 e. The summed E-state index contributed by atoms with van der Waals surface area (Å²) in [5.74, 6) is 0.832. The molecule has 0 aromatic heterocycles. The first-order valence-electron chi connectivity index (χ1n) is 8.07. The van der Waals surface area contributed by atoms with Crippen LogP contribution in [0.3, 0.4) is 0 Å². The van der Waals surface area contributed by atoms with E-state index in [1.807, 2.05) is 0 Å². The number of rotatable bonds is 5. The summed E-state index contributed by atoms with van der Waals surface area (Å²) in [5.41, 5.74) is 0.474. The molecule has 0 bridgehead atoms. The van der Waals surface area contributed by atoms with Crippen molar-refractivity contribution >= 4 is 5.91 Å². The van der Waals surface area contributed by atoms with Gasteiger partial charge in [0.1, 0.15) is 0 Å². The number of carbonyl (C=O) groups excluding carboxylic acids is 1. The van der Waals surface area contributed by atoms with Crippen molar-refractivity contribution in [2.75, 3.05) is 40.5 Å². The fourth-order valence-electron chi connectivity index (χ4n) is 3.38. The van der Waals surface area contributed by atoms with Gasteiger partial charge in [-0.05, 0) is 31.5 Å². The third kappa shape index (κ3) is 3.43. The maximum absolute atomic E-state index is 12.4. The highest BCUT2D eigenvalue weighted by Gasteiger charge is 2.32. The Balaban J connectivity index is 1.59. The molecule has 0 unspecified atom stereocenters. The van der Waals surface area contributed by atoms with Crippen LogP contribution in [0.2, 0.25) is 0 Å². The molecule has 23 heavy (non-hydrogen) atoms. The third-order valence-electron chi connectivity index (χ3n) is 4.60. The minimum Gasteiger partial charge on any atom is -0.493 e. The second-order valence-electron chi connectivity index (χ2n) is 6.00. The van der Waals surface area contributed by atoms with Crippen LogP contribution < -0.4 is 14.8 Å². The molecule has 1 amide bonds. The number of hydrogen-bond acceptors (Lipinski definition) is 5. The molecule has 2 atom stereocenters. The highest BCUT2D eigenvalue weighted by molar-refractivity contribution is 5.97. The Morgan fingerprint density at radius 3 is 3.04 bits per heavy atom. The summed E-state index contributed by atoms with van der Waals surface area (Å²) in [6.07, 6.45) is 2.51. The number of nitrogens with one attached hydrogen (secondary N) is 1. The largest absolute Gasteiger partial charge is 0.493 e. The maximum atomic E-state index is 12.4. The molecule has 126 valence electrons. The monoisotopic (exact) mass is 320 g/mol. The molecule has 1 aromatic rings. The number of benzene rings is 1. The van der Waals surface area contributed by atoms with Crippen LogP contribution in [0.5, 0.6) is 11.5 Å². The Morgan fingerprint density at radius 1 is 1.39 bits per heavy atom. The Bertz CT molecular complexity index is 564. The van der Waals surface area contributed by atoms with Crippen molar-refractivity contribution in [2.24, 2.45) is 0 Å². The topological polar surface area (TPSA) is 60.0 Å². The summed E-state index contributed by atoms with van der Waals surface area (Å²) >= 11 is 0. The number of methoxy groups -OCH3 is 2. The average Bonchev–Trinajstić information content (AvgIpc) is 3.06. The van der Waals surface area contributed by atoms with Gasteiger partial charge in [-0.3, -0.25) is 9.69 Å². The zero-order chi connectivity index (χ0) is 16.2. The van der Waals surface area contributed by atoms with E-state index in [-0.39, 0.29) is 12.0 Å². The van der Waals surface area contributed by atoms with Crippen molar-refractivity contribution in [2.45, 2.75) is 25.0 Å². The molecule has 2 aliphatic heterocycles. The molecule has 0 saturated carbocycles. The van der Waals surface area contributed by atoms with Gasteiger partial charge in [-0.25, -0.2) is 0 Å². The van der Waals surface area contributed by atoms with Crippen LogP contribution in [0.25, 0.3) is 0 Å². The van der Waals surface area contributed by atoms with Crippen molar-refractivity contribution in [1.29, 1.82) is 0 Å². The van der Waals surface area contributed by atoms with Crippen molar-refractivity contribution in [3.8, 4) is 11.5 Å². The molecule has 2 heterocycles. The Morgan fingerprint density at radius 2 is 2.26 bits per heavy atom. The average molecular weight is 320 g/mol. The van der Waals surface area contributed by atoms with Crippen molar-refractivity contribution in [3.05, 3.63) is 23.8 Å². The van der Waals surface area contributed by atoms with E-state index >= 15 is 0 Å². The summed E-state index contributed by atoms with van der Waals surface area (Å²) in [4.78, 5) is 14.9. The zero-order valence-corrected chi connectivity index (χ0v) is 13.7. The molecule has 6 heteroatoms. The SMILES string of the molecule is COc1cccc(C(=O)NC[C@@H]2CN3CCC[C@H]3CO2)c1OC. The van der Waals surface area contributed by atoms with Crippen LogP contribution >= 0.6 is 0 Å². The first kappa shape index (κ1) is 16.1. The lowest BCUT2D eigenvalue weighted by atomic mass is 10.1. The number of fused-ring (bicyclic) bond motifs is 1. The van der Waals surface area contributed by atoms with Gasteiger partial charge in [0, 0.05) is 19.1 Å². The lowest BCUT2D eigenvalue weighted by Gasteiger charge is -2.35. The van der Waals surface area contributed by atoms with Gasteiger partial charge in [-0.2, -0.15) is 0 Å². The predicted molar refractivity (Wildman–Crippen MR) is 86.2 cm³/mol. The first-order chi connectivity index (χ1) is 11.2. The van der Waals surface area contributed by atoms with Crippen LogP contribution in [0.4, 0.5) is 0 Å². The van der Waals surface area contributed by atoms with E-state index in [0.717, 1.165) is 19.7 Å². The van der Waals surface area contributed by atoms with E-state index in [9.17, 15) is 4.79 Å². The molecular formula is C17H24N2O4. The Kier molecular flexibility index (Phi) is 5.03. The molecule has 1 aromatic carbocycles. The van der Waals surface area contributed by atoms with Crippen LogP contribution in [0.1, 0.15) is 23.2 Å². The number of nitrogens with zero attached hydrogens (tertiary/aromatic N) is 1. The van der Waals surface area contributed by atoms with Crippen molar-refractivity contribution < 1.29 is 19.0 Å². The standard InChI is InChI=1S/C17H24N2O4/c1-21-15-7-3-6-14(16(15)22-2)17(20)18-9-13-10-19-8-4-5-12(19)11-23-13/h3,6-7,12-13H,4-5,8-11H2,1-2H3,(H,18,20)/t12-,13+/m0/s1. The maximum Gasteiger partial charge on any atom is 0.255 e. The van der Waals surface area contributed by atoms with E-state index in [1.165, 1.54) is 20.0 Å². The van der Waals surface area contributed by atoms with E-state index in [2.05, 4.69) is 10.2 Å². The van der Waals surface area contributed by atoms with E-state index in [4.69, 9.17) is 14.2 Å². The molecule has 6 nitrogen and oxygen atoms in total. The number of hydrogen-bond donors (Lipinski definition) is 1. The second-order valence-corrected chi connectivity index (χ2v) is 6.00. The zero-order valence-electron chi connectivity index (χ0n) is 13.7. The molecule has 1 N–H and O–H groups in total. The molecule has 2 aliphatic rings. The summed E-state index contributed by atoms with van der Waals surface area (Å²) in [7, 11) is 3.09. The summed E-state index contributed by atoms with van der Waals surface area (Å²) in [5, 5.41) is 2.95. The fraction of sp³-hybridized carbons (Fsp3) is 0.588. The second kappa shape index (κ2) is 7.19. The number of ether oxygens (including phenoxy) is 3. The van der Waals surface area contributed by atoms with Gasteiger partial charge < -0.3 is 19.5 Å². The normalized spacial score (nSPS) is 24.1. The molecule has 0 spiro atoms. The minimum atomic E-state index is -0.173. The highest BCUT2D eigenvalue weighted by atomic mass is 16.5. The van der Waals surface area contributed by atoms with Gasteiger partial charge in [0.2, 0.25) is 0 Å². The van der Waals surface area contributed by atoms with Crippen molar-refractivity contribution in [1.82, 2.24) is 10.2 Å². The van der Waals surface area contributed by atoms with Gasteiger partial charge in [0.05, 0.1) is 32.5 Å². The molecule has 2 saturated heterocycles. The van der Waals surface area contributed by atoms with Crippen LogP contribution in [0.15, 0.2) is 18.2 Å². The predicted octanol–water partition coefficient (Wildman–Crippen LogP) is 1.30. The van der Waals surface area contributed by atoms with E-state index in [1.54, 1.807) is 25.3 Å².